The maximum Gasteiger partial charge on any atom is 0.309 e. The van der Waals surface area contributed by atoms with Crippen molar-refractivity contribution in [2.75, 3.05) is 38.2 Å². The standard InChI is InChI=1S/C22H26N4O3S/c1-29-21(28)19-16-11-24(12-17(16)19)9-14-2-3-18-15-6-13(8-26(18)20(14)27)7-25(10-15)22-23-4-5-30-22/h2-5,13,15-17,19H,6-12H2,1H3/t13-,15+,16-,17+,19?/m0/s1. The zero-order chi connectivity index (χ0) is 20.4. The van der Waals surface area contributed by atoms with E-state index in [1.54, 1.807) is 11.3 Å². The summed E-state index contributed by atoms with van der Waals surface area (Å²) in [5.41, 5.74) is 2.23. The fourth-order valence-corrected chi connectivity index (χ4v) is 6.77. The smallest absolute Gasteiger partial charge is 0.309 e. The third kappa shape index (κ3) is 2.92. The van der Waals surface area contributed by atoms with Crippen LogP contribution in [-0.2, 0) is 22.6 Å². The molecule has 0 radical (unpaired) electrons. The third-order valence-corrected chi connectivity index (χ3v) is 8.34. The van der Waals surface area contributed by atoms with Gasteiger partial charge in [0.05, 0.1) is 13.0 Å². The molecule has 0 spiro atoms. The van der Waals surface area contributed by atoms with Crippen molar-refractivity contribution in [3.63, 3.8) is 0 Å². The van der Waals surface area contributed by atoms with Crippen LogP contribution in [0, 0.1) is 23.7 Å². The Hall–Kier alpha value is -2.19. The zero-order valence-corrected chi connectivity index (χ0v) is 17.9. The van der Waals surface area contributed by atoms with E-state index in [9.17, 15) is 9.59 Å². The summed E-state index contributed by atoms with van der Waals surface area (Å²) >= 11 is 1.69. The topological polar surface area (TPSA) is 67.7 Å². The first-order valence-electron chi connectivity index (χ1n) is 10.8. The van der Waals surface area contributed by atoms with Gasteiger partial charge in [0, 0.05) is 68.0 Å². The number of aromatic nitrogens is 2. The minimum Gasteiger partial charge on any atom is -0.469 e. The summed E-state index contributed by atoms with van der Waals surface area (Å²) in [5.74, 6) is 1.72. The monoisotopic (exact) mass is 426 g/mol. The lowest BCUT2D eigenvalue weighted by Crippen LogP contribution is -2.47. The van der Waals surface area contributed by atoms with Gasteiger partial charge in [0.25, 0.3) is 5.56 Å². The van der Waals surface area contributed by atoms with E-state index in [1.807, 2.05) is 22.2 Å². The number of anilines is 1. The Kier molecular flexibility index (Phi) is 4.28. The molecule has 0 aromatic carbocycles. The van der Waals surface area contributed by atoms with Gasteiger partial charge in [-0.15, -0.1) is 11.3 Å². The van der Waals surface area contributed by atoms with Crippen LogP contribution in [0.1, 0.15) is 23.6 Å². The molecule has 1 aliphatic carbocycles. The number of methoxy groups -OCH3 is 1. The number of esters is 1. The number of pyridine rings is 1. The summed E-state index contributed by atoms with van der Waals surface area (Å²) in [6.07, 6.45) is 3.02. The van der Waals surface area contributed by atoms with Crippen LogP contribution in [0.4, 0.5) is 5.13 Å². The SMILES string of the molecule is COC(=O)C1[C@H]2CN(Cc3ccc4n(c3=O)C[C@H]3C[C@@H]4CN(c4nccs4)C3)C[C@@H]12. The van der Waals surface area contributed by atoms with Crippen LogP contribution >= 0.6 is 11.3 Å². The van der Waals surface area contributed by atoms with E-state index in [4.69, 9.17) is 4.74 Å². The van der Waals surface area contributed by atoms with Crippen molar-refractivity contribution in [1.82, 2.24) is 14.5 Å². The molecule has 4 aliphatic rings. The van der Waals surface area contributed by atoms with Crippen molar-refractivity contribution in [3.05, 3.63) is 45.3 Å². The molecular weight excluding hydrogens is 400 g/mol. The van der Waals surface area contributed by atoms with Crippen LogP contribution < -0.4 is 10.5 Å². The average molecular weight is 427 g/mol. The van der Waals surface area contributed by atoms with Crippen molar-refractivity contribution in [2.45, 2.75) is 25.4 Å². The predicted molar refractivity (Wildman–Crippen MR) is 114 cm³/mol. The predicted octanol–water partition coefficient (Wildman–Crippen LogP) is 1.78. The molecule has 30 heavy (non-hydrogen) atoms. The fraction of sp³-hybridized carbons (Fsp3) is 0.591. The number of nitrogens with zero attached hydrogens (tertiary/aromatic N) is 4. The Morgan fingerprint density at radius 2 is 2.03 bits per heavy atom. The number of carbonyl (C=O) groups is 1. The number of piperidine rings is 2. The minimum absolute atomic E-state index is 0.0724. The summed E-state index contributed by atoms with van der Waals surface area (Å²) in [6, 6.07) is 4.22. The molecule has 5 atom stereocenters. The first-order chi connectivity index (χ1) is 14.6. The van der Waals surface area contributed by atoms with Gasteiger partial charge in [-0.3, -0.25) is 14.5 Å². The average Bonchev–Trinajstić information content (AvgIpc) is 3.13. The Balaban J connectivity index is 1.18. The molecule has 3 fully saturated rings. The number of rotatable bonds is 4. The zero-order valence-electron chi connectivity index (χ0n) is 17.1. The molecule has 7 nitrogen and oxygen atoms in total. The Morgan fingerprint density at radius 3 is 2.77 bits per heavy atom. The number of fused-ring (bicyclic) bond motifs is 5. The lowest BCUT2D eigenvalue weighted by atomic mass is 9.83. The second-order valence-electron chi connectivity index (χ2n) is 9.29. The lowest BCUT2D eigenvalue weighted by Gasteiger charge is -2.43. The van der Waals surface area contributed by atoms with Crippen molar-refractivity contribution in [2.24, 2.45) is 23.7 Å². The first-order valence-corrected chi connectivity index (χ1v) is 11.7. The van der Waals surface area contributed by atoms with Gasteiger partial charge in [-0.2, -0.15) is 0 Å². The molecule has 158 valence electrons. The fourth-order valence-electron chi connectivity index (χ4n) is 6.11. The molecule has 8 heteroatoms. The number of hydrogen-bond donors (Lipinski definition) is 0. The molecule has 3 aliphatic heterocycles. The highest BCUT2D eigenvalue weighted by Gasteiger charge is 2.60. The summed E-state index contributed by atoms with van der Waals surface area (Å²) in [5, 5.41) is 3.12. The van der Waals surface area contributed by atoms with Crippen LogP contribution in [0.5, 0.6) is 0 Å². The molecule has 0 N–H and O–H groups in total. The normalized spacial score (nSPS) is 31.9. The Bertz CT molecular complexity index is 1020. The van der Waals surface area contributed by atoms with Crippen LogP contribution in [0.25, 0.3) is 0 Å². The van der Waals surface area contributed by atoms with Crippen LogP contribution in [0.15, 0.2) is 28.5 Å². The summed E-state index contributed by atoms with van der Waals surface area (Å²) in [4.78, 5) is 34.3. The van der Waals surface area contributed by atoms with Crippen LogP contribution in [0.3, 0.4) is 0 Å². The van der Waals surface area contributed by atoms with E-state index in [2.05, 4.69) is 20.9 Å². The molecule has 0 amide bonds. The number of thiazole rings is 1. The van der Waals surface area contributed by atoms with Gasteiger partial charge in [0.2, 0.25) is 0 Å². The summed E-state index contributed by atoms with van der Waals surface area (Å²) in [6.45, 7) is 5.17. The van der Waals surface area contributed by atoms with E-state index in [0.29, 0.717) is 30.2 Å². The van der Waals surface area contributed by atoms with Gasteiger partial charge in [0.15, 0.2) is 5.13 Å². The van der Waals surface area contributed by atoms with E-state index in [-0.39, 0.29) is 17.4 Å². The molecule has 2 aromatic heterocycles. The van der Waals surface area contributed by atoms with Gasteiger partial charge in [-0.1, -0.05) is 6.07 Å². The molecule has 1 saturated carbocycles. The lowest BCUT2D eigenvalue weighted by molar-refractivity contribution is -0.143. The van der Waals surface area contributed by atoms with Crippen molar-refractivity contribution < 1.29 is 9.53 Å². The van der Waals surface area contributed by atoms with Crippen molar-refractivity contribution in [3.8, 4) is 0 Å². The summed E-state index contributed by atoms with van der Waals surface area (Å²) < 4.78 is 6.94. The minimum atomic E-state index is -0.0724. The van der Waals surface area contributed by atoms with Gasteiger partial charge in [-0.25, -0.2) is 4.98 Å². The van der Waals surface area contributed by atoms with E-state index >= 15 is 0 Å². The summed E-state index contributed by atoms with van der Waals surface area (Å²) in [7, 11) is 1.47. The molecule has 1 unspecified atom stereocenters. The maximum atomic E-state index is 13.3. The Morgan fingerprint density at radius 1 is 1.20 bits per heavy atom. The number of carbonyl (C=O) groups excluding carboxylic acids is 1. The van der Waals surface area contributed by atoms with E-state index in [0.717, 1.165) is 49.8 Å². The Labute approximate surface area is 179 Å². The molecule has 2 aromatic rings. The number of hydrogen-bond acceptors (Lipinski definition) is 7. The molecular formula is C22H26N4O3S. The molecule has 2 bridgehead atoms. The highest BCUT2D eigenvalue weighted by Crippen LogP contribution is 2.52. The first kappa shape index (κ1) is 18.6. The molecule has 6 rings (SSSR count). The van der Waals surface area contributed by atoms with E-state index in [1.165, 1.54) is 12.8 Å². The third-order valence-electron chi connectivity index (χ3n) is 7.51. The maximum absolute atomic E-state index is 13.3. The van der Waals surface area contributed by atoms with Crippen LogP contribution in [-0.4, -0.2) is 53.7 Å². The number of ether oxygens (including phenoxy) is 1. The van der Waals surface area contributed by atoms with Gasteiger partial charge < -0.3 is 14.2 Å². The number of likely N-dealkylation sites (tertiary alicyclic amines) is 1. The molecule has 2 saturated heterocycles. The van der Waals surface area contributed by atoms with Crippen LogP contribution in [0.2, 0.25) is 0 Å². The van der Waals surface area contributed by atoms with Gasteiger partial charge >= 0.3 is 5.97 Å². The second-order valence-corrected chi connectivity index (χ2v) is 10.2. The highest BCUT2D eigenvalue weighted by atomic mass is 32.1. The van der Waals surface area contributed by atoms with Crippen molar-refractivity contribution >= 4 is 22.4 Å². The largest absolute Gasteiger partial charge is 0.469 e. The molecule has 5 heterocycles. The quantitative estimate of drug-likeness (QED) is 0.695. The second kappa shape index (κ2) is 6.92. The van der Waals surface area contributed by atoms with E-state index < -0.39 is 0 Å². The van der Waals surface area contributed by atoms with Gasteiger partial charge in [0.1, 0.15) is 0 Å². The van der Waals surface area contributed by atoms with Crippen molar-refractivity contribution in [1.29, 1.82) is 0 Å². The highest BCUT2D eigenvalue weighted by molar-refractivity contribution is 7.13. The van der Waals surface area contributed by atoms with Gasteiger partial charge in [-0.05, 0) is 30.2 Å².